The molecule has 1 amide bonds. The number of nitrogens with one attached hydrogen (secondary N) is 1. The van der Waals surface area contributed by atoms with Gasteiger partial charge in [-0.1, -0.05) is 41.9 Å². The molecule has 0 spiro atoms. The highest BCUT2D eigenvalue weighted by Gasteiger charge is 2.15. The van der Waals surface area contributed by atoms with E-state index in [4.69, 9.17) is 16.3 Å². The smallest absolute Gasteiger partial charge is 0.258 e. The van der Waals surface area contributed by atoms with Crippen molar-refractivity contribution in [3.05, 3.63) is 80.7 Å². The van der Waals surface area contributed by atoms with E-state index in [1.54, 1.807) is 36.3 Å². The SMILES string of the molecule is COCCN(Cc1nc2ccccc2c(=O)[nH]1)C(=O)C=Cc1sc2ccccc2c1Cl. The molecular formula is C23H20ClN3O3S. The van der Waals surface area contributed by atoms with E-state index in [1.807, 2.05) is 30.3 Å². The molecular weight excluding hydrogens is 434 g/mol. The summed E-state index contributed by atoms with van der Waals surface area (Å²) in [7, 11) is 1.58. The van der Waals surface area contributed by atoms with E-state index >= 15 is 0 Å². The minimum atomic E-state index is -0.229. The lowest BCUT2D eigenvalue weighted by molar-refractivity contribution is -0.127. The van der Waals surface area contributed by atoms with Gasteiger partial charge in [0, 0.05) is 34.7 Å². The van der Waals surface area contributed by atoms with Crippen LogP contribution < -0.4 is 5.56 Å². The number of hydrogen-bond donors (Lipinski definition) is 1. The molecule has 0 aliphatic carbocycles. The Balaban J connectivity index is 1.58. The fourth-order valence-corrected chi connectivity index (χ4v) is 4.65. The van der Waals surface area contributed by atoms with Crippen LogP contribution in [-0.2, 0) is 16.1 Å². The maximum Gasteiger partial charge on any atom is 0.258 e. The average Bonchev–Trinajstić information content (AvgIpc) is 3.10. The number of aromatic nitrogens is 2. The van der Waals surface area contributed by atoms with Crippen LogP contribution in [0.1, 0.15) is 10.7 Å². The summed E-state index contributed by atoms with van der Waals surface area (Å²) in [5.74, 6) is 0.197. The molecule has 4 rings (SSSR count). The molecule has 0 aliphatic rings. The first-order valence-electron chi connectivity index (χ1n) is 9.67. The van der Waals surface area contributed by atoms with Crippen molar-refractivity contribution in [2.75, 3.05) is 20.3 Å². The number of carbonyl (C=O) groups excluding carboxylic acids is 1. The Morgan fingerprint density at radius 1 is 1.19 bits per heavy atom. The fourth-order valence-electron chi connectivity index (χ4n) is 3.25. The Hall–Kier alpha value is -3.00. The molecule has 2 aromatic carbocycles. The summed E-state index contributed by atoms with van der Waals surface area (Å²) in [6.07, 6.45) is 3.22. The third-order valence-corrected chi connectivity index (χ3v) is 6.47. The molecule has 0 saturated carbocycles. The number of fused-ring (bicyclic) bond motifs is 2. The van der Waals surface area contributed by atoms with E-state index in [1.165, 1.54) is 17.4 Å². The number of amides is 1. The molecule has 0 saturated heterocycles. The summed E-state index contributed by atoms with van der Waals surface area (Å²) in [5, 5.41) is 2.12. The molecule has 2 aromatic heterocycles. The van der Waals surface area contributed by atoms with Crippen LogP contribution in [0.5, 0.6) is 0 Å². The van der Waals surface area contributed by atoms with Gasteiger partial charge in [-0.2, -0.15) is 0 Å². The quantitative estimate of drug-likeness (QED) is 0.418. The molecule has 8 heteroatoms. The maximum atomic E-state index is 12.9. The number of aromatic amines is 1. The average molecular weight is 454 g/mol. The van der Waals surface area contributed by atoms with Gasteiger partial charge in [0.25, 0.3) is 5.56 Å². The van der Waals surface area contributed by atoms with Gasteiger partial charge in [-0.05, 0) is 24.3 Å². The Morgan fingerprint density at radius 2 is 1.94 bits per heavy atom. The normalized spacial score (nSPS) is 11.5. The van der Waals surface area contributed by atoms with Gasteiger partial charge < -0.3 is 14.6 Å². The van der Waals surface area contributed by atoms with Gasteiger partial charge in [0.2, 0.25) is 5.91 Å². The van der Waals surface area contributed by atoms with Crippen molar-refractivity contribution in [2.24, 2.45) is 0 Å². The first kappa shape index (κ1) is 21.2. The van der Waals surface area contributed by atoms with Crippen LogP contribution in [-0.4, -0.2) is 41.0 Å². The number of hydrogen-bond acceptors (Lipinski definition) is 5. The first-order valence-corrected chi connectivity index (χ1v) is 10.9. The Kier molecular flexibility index (Phi) is 6.46. The second-order valence-corrected chi connectivity index (χ2v) is 8.35. The lowest BCUT2D eigenvalue weighted by Gasteiger charge is -2.20. The number of nitrogens with zero attached hydrogens (tertiary/aromatic N) is 2. The fraction of sp³-hybridized carbons (Fsp3) is 0.174. The molecule has 4 aromatic rings. The Bertz CT molecular complexity index is 1330. The molecule has 2 heterocycles. The van der Waals surface area contributed by atoms with Gasteiger partial charge in [-0.3, -0.25) is 9.59 Å². The van der Waals surface area contributed by atoms with E-state index < -0.39 is 0 Å². The third-order valence-electron chi connectivity index (χ3n) is 4.82. The second-order valence-electron chi connectivity index (χ2n) is 6.89. The zero-order chi connectivity index (χ0) is 21.8. The molecule has 31 heavy (non-hydrogen) atoms. The lowest BCUT2D eigenvalue weighted by Crippen LogP contribution is -2.33. The molecule has 1 N–H and O–H groups in total. The van der Waals surface area contributed by atoms with E-state index in [-0.39, 0.29) is 18.0 Å². The van der Waals surface area contributed by atoms with Crippen molar-refractivity contribution < 1.29 is 9.53 Å². The van der Waals surface area contributed by atoms with Crippen LogP contribution in [0.4, 0.5) is 0 Å². The van der Waals surface area contributed by atoms with Crippen molar-refractivity contribution in [2.45, 2.75) is 6.54 Å². The number of H-pyrrole nitrogens is 1. The number of benzene rings is 2. The van der Waals surface area contributed by atoms with Gasteiger partial charge in [0.05, 0.1) is 29.1 Å². The van der Waals surface area contributed by atoms with Crippen LogP contribution in [0, 0.1) is 0 Å². The van der Waals surface area contributed by atoms with Crippen molar-refractivity contribution in [1.82, 2.24) is 14.9 Å². The maximum absolute atomic E-state index is 12.9. The highest BCUT2D eigenvalue weighted by Crippen LogP contribution is 2.35. The summed E-state index contributed by atoms with van der Waals surface area (Å²) < 4.78 is 6.21. The van der Waals surface area contributed by atoms with E-state index in [0.29, 0.717) is 34.9 Å². The molecule has 6 nitrogen and oxygen atoms in total. The van der Waals surface area contributed by atoms with Crippen molar-refractivity contribution in [1.29, 1.82) is 0 Å². The monoisotopic (exact) mass is 453 g/mol. The summed E-state index contributed by atoms with van der Waals surface area (Å²) >= 11 is 8.00. The topological polar surface area (TPSA) is 75.3 Å². The number of ether oxygens (including phenoxy) is 1. The van der Waals surface area contributed by atoms with Gasteiger partial charge in [-0.25, -0.2) is 4.98 Å². The predicted octanol–water partition coefficient (Wildman–Crippen LogP) is 4.48. The van der Waals surface area contributed by atoms with Crippen LogP contribution in [0.2, 0.25) is 5.02 Å². The lowest BCUT2D eigenvalue weighted by atomic mass is 10.2. The van der Waals surface area contributed by atoms with E-state index in [2.05, 4.69) is 9.97 Å². The highest BCUT2D eigenvalue weighted by molar-refractivity contribution is 7.20. The molecule has 158 valence electrons. The zero-order valence-corrected chi connectivity index (χ0v) is 18.4. The minimum absolute atomic E-state index is 0.159. The Labute approximate surface area is 187 Å². The molecule has 0 radical (unpaired) electrons. The number of halogens is 1. The first-order chi connectivity index (χ1) is 15.1. The standard InChI is InChI=1S/C23H20ClN3O3S/c1-30-13-12-27(14-20-25-17-8-4-2-6-15(17)23(29)26-20)21(28)11-10-19-22(24)16-7-3-5-9-18(16)31-19/h2-11H,12-14H2,1H3,(H,25,26,29). The molecule has 0 unspecified atom stereocenters. The summed E-state index contributed by atoms with van der Waals surface area (Å²) in [6, 6.07) is 15.0. The van der Waals surface area contributed by atoms with Crippen LogP contribution in [0.15, 0.2) is 59.4 Å². The minimum Gasteiger partial charge on any atom is -0.383 e. The van der Waals surface area contributed by atoms with Crippen LogP contribution >= 0.6 is 22.9 Å². The molecule has 0 fully saturated rings. The molecule has 0 aliphatic heterocycles. The largest absolute Gasteiger partial charge is 0.383 e. The van der Waals surface area contributed by atoms with Gasteiger partial charge in [-0.15, -0.1) is 11.3 Å². The van der Waals surface area contributed by atoms with Crippen molar-refractivity contribution >= 4 is 55.9 Å². The van der Waals surface area contributed by atoms with E-state index in [9.17, 15) is 9.59 Å². The molecule has 0 atom stereocenters. The van der Waals surface area contributed by atoms with Gasteiger partial charge >= 0.3 is 0 Å². The number of rotatable bonds is 7. The van der Waals surface area contributed by atoms with E-state index in [0.717, 1.165) is 15.0 Å². The molecule has 0 bridgehead atoms. The summed E-state index contributed by atoms with van der Waals surface area (Å²) in [4.78, 5) is 34.9. The van der Waals surface area contributed by atoms with Crippen molar-refractivity contribution in [3.63, 3.8) is 0 Å². The number of methoxy groups -OCH3 is 1. The van der Waals surface area contributed by atoms with Crippen LogP contribution in [0.3, 0.4) is 0 Å². The number of carbonyl (C=O) groups is 1. The number of para-hydroxylation sites is 1. The summed E-state index contributed by atoms with van der Waals surface area (Å²) in [6.45, 7) is 0.879. The predicted molar refractivity (Wildman–Crippen MR) is 126 cm³/mol. The highest BCUT2D eigenvalue weighted by atomic mass is 35.5. The third kappa shape index (κ3) is 4.69. The van der Waals surface area contributed by atoms with Crippen molar-refractivity contribution in [3.8, 4) is 0 Å². The van der Waals surface area contributed by atoms with Gasteiger partial charge in [0.15, 0.2) is 0 Å². The van der Waals surface area contributed by atoms with Crippen LogP contribution in [0.25, 0.3) is 27.1 Å². The Morgan fingerprint density at radius 3 is 2.71 bits per heavy atom. The number of thiophene rings is 1. The summed E-state index contributed by atoms with van der Waals surface area (Å²) in [5.41, 5.74) is 0.361. The second kappa shape index (κ2) is 9.43. The van der Waals surface area contributed by atoms with Gasteiger partial charge in [0.1, 0.15) is 5.82 Å². The zero-order valence-electron chi connectivity index (χ0n) is 16.8.